The Morgan fingerprint density at radius 3 is 2.48 bits per heavy atom. The Morgan fingerprint density at radius 1 is 1.04 bits per heavy atom. The first-order valence-corrected chi connectivity index (χ1v) is 9.28. The molecule has 0 heterocycles. The van der Waals surface area contributed by atoms with Crippen molar-refractivity contribution in [1.82, 2.24) is 5.32 Å². The van der Waals surface area contributed by atoms with Crippen molar-refractivity contribution in [2.45, 2.75) is 58.2 Å². The number of nitrogens with one attached hydrogen (secondary N) is 1. The Morgan fingerprint density at radius 2 is 1.76 bits per heavy atom. The van der Waals surface area contributed by atoms with Gasteiger partial charge in [0.15, 0.2) is 0 Å². The van der Waals surface area contributed by atoms with Crippen molar-refractivity contribution in [1.29, 1.82) is 0 Å². The summed E-state index contributed by atoms with van der Waals surface area (Å²) in [7, 11) is 0. The van der Waals surface area contributed by atoms with Crippen LogP contribution < -0.4 is 10.1 Å². The minimum atomic E-state index is 0. The quantitative estimate of drug-likeness (QED) is 0.657. The van der Waals surface area contributed by atoms with Gasteiger partial charge in [-0.25, -0.2) is 0 Å². The largest absolute Gasteiger partial charge is 0.489 e. The molecule has 0 aromatic heterocycles. The van der Waals surface area contributed by atoms with E-state index in [2.05, 4.69) is 36.5 Å². The summed E-state index contributed by atoms with van der Waals surface area (Å²) < 4.78 is 6.06. The SMILES string of the molecule is Cc1ccc(COc2ccc(Cl)cc2CNC2CCCCC2)cc1.Cl. The second-order valence-electron chi connectivity index (χ2n) is 6.74. The average Bonchev–Trinajstić information content (AvgIpc) is 2.61. The minimum absolute atomic E-state index is 0. The predicted molar refractivity (Wildman–Crippen MR) is 108 cm³/mol. The van der Waals surface area contributed by atoms with Gasteiger partial charge in [0.1, 0.15) is 12.4 Å². The Balaban J connectivity index is 0.00000225. The van der Waals surface area contributed by atoms with Crippen molar-refractivity contribution in [2.75, 3.05) is 0 Å². The Bertz CT molecular complexity index is 651. The first-order chi connectivity index (χ1) is 11.7. The van der Waals surface area contributed by atoms with Crippen molar-refractivity contribution >= 4 is 24.0 Å². The van der Waals surface area contributed by atoms with E-state index in [0.717, 1.165) is 22.9 Å². The number of hydrogen-bond acceptors (Lipinski definition) is 2. The van der Waals surface area contributed by atoms with E-state index >= 15 is 0 Å². The summed E-state index contributed by atoms with van der Waals surface area (Å²) in [6.45, 7) is 3.49. The Kier molecular flexibility index (Phi) is 8.08. The van der Waals surface area contributed by atoms with E-state index in [4.69, 9.17) is 16.3 Å². The molecule has 0 unspecified atom stereocenters. The van der Waals surface area contributed by atoms with Gasteiger partial charge in [-0.05, 0) is 43.5 Å². The average molecular weight is 380 g/mol. The third kappa shape index (κ3) is 6.22. The van der Waals surface area contributed by atoms with Gasteiger partial charge in [0.05, 0.1) is 0 Å². The van der Waals surface area contributed by atoms with Crippen molar-refractivity contribution in [3.8, 4) is 5.75 Å². The molecule has 0 aliphatic heterocycles. The summed E-state index contributed by atoms with van der Waals surface area (Å²) in [6, 6.07) is 15.0. The van der Waals surface area contributed by atoms with Crippen LogP contribution in [0.5, 0.6) is 5.75 Å². The monoisotopic (exact) mass is 379 g/mol. The first-order valence-electron chi connectivity index (χ1n) is 8.91. The van der Waals surface area contributed by atoms with Crippen LogP contribution in [0.1, 0.15) is 48.8 Å². The first kappa shape index (κ1) is 20.1. The van der Waals surface area contributed by atoms with Gasteiger partial charge in [-0.15, -0.1) is 12.4 Å². The zero-order chi connectivity index (χ0) is 16.8. The summed E-state index contributed by atoms with van der Waals surface area (Å²) in [5.41, 5.74) is 3.59. The van der Waals surface area contributed by atoms with Crippen molar-refractivity contribution < 1.29 is 4.74 Å². The van der Waals surface area contributed by atoms with E-state index in [0.29, 0.717) is 12.6 Å². The maximum absolute atomic E-state index is 6.19. The van der Waals surface area contributed by atoms with Crippen molar-refractivity contribution in [3.63, 3.8) is 0 Å². The van der Waals surface area contributed by atoms with Crippen LogP contribution >= 0.6 is 24.0 Å². The van der Waals surface area contributed by atoms with E-state index in [9.17, 15) is 0 Å². The summed E-state index contributed by atoms with van der Waals surface area (Å²) in [5, 5.41) is 4.43. The molecule has 2 nitrogen and oxygen atoms in total. The zero-order valence-corrected chi connectivity index (χ0v) is 16.3. The highest BCUT2D eigenvalue weighted by atomic mass is 35.5. The third-order valence-corrected chi connectivity index (χ3v) is 4.96. The van der Waals surface area contributed by atoms with Gasteiger partial charge in [-0.2, -0.15) is 0 Å². The molecule has 1 N–H and O–H groups in total. The highest BCUT2D eigenvalue weighted by Crippen LogP contribution is 2.25. The van der Waals surface area contributed by atoms with Gasteiger partial charge < -0.3 is 10.1 Å². The van der Waals surface area contributed by atoms with Crippen LogP contribution in [0.2, 0.25) is 5.02 Å². The number of benzene rings is 2. The predicted octanol–water partition coefficient (Wildman–Crippen LogP) is 6.07. The van der Waals surface area contributed by atoms with Crippen LogP contribution in [0.25, 0.3) is 0 Å². The zero-order valence-electron chi connectivity index (χ0n) is 14.8. The smallest absolute Gasteiger partial charge is 0.124 e. The molecular formula is C21H27Cl2NO. The van der Waals surface area contributed by atoms with E-state index in [-0.39, 0.29) is 12.4 Å². The molecule has 2 aromatic rings. The second-order valence-corrected chi connectivity index (χ2v) is 7.18. The fourth-order valence-electron chi connectivity index (χ4n) is 3.23. The molecular weight excluding hydrogens is 353 g/mol. The molecule has 1 aliphatic carbocycles. The lowest BCUT2D eigenvalue weighted by Crippen LogP contribution is -2.30. The summed E-state index contributed by atoms with van der Waals surface area (Å²) >= 11 is 6.19. The lowest BCUT2D eigenvalue weighted by molar-refractivity contribution is 0.300. The molecule has 0 saturated heterocycles. The van der Waals surface area contributed by atoms with E-state index in [1.165, 1.54) is 43.2 Å². The van der Waals surface area contributed by atoms with Crippen LogP contribution in [-0.4, -0.2) is 6.04 Å². The van der Waals surface area contributed by atoms with E-state index in [1.807, 2.05) is 18.2 Å². The number of ether oxygens (including phenoxy) is 1. The molecule has 0 atom stereocenters. The Labute approximate surface area is 162 Å². The van der Waals surface area contributed by atoms with Crippen molar-refractivity contribution in [2.24, 2.45) is 0 Å². The minimum Gasteiger partial charge on any atom is -0.489 e. The fourth-order valence-corrected chi connectivity index (χ4v) is 3.43. The van der Waals surface area contributed by atoms with Gasteiger partial charge in [0, 0.05) is 23.2 Å². The van der Waals surface area contributed by atoms with Gasteiger partial charge in [-0.3, -0.25) is 0 Å². The molecule has 4 heteroatoms. The number of aryl methyl sites for hydroxylation is 1. The molecule has 3 rings (SSSR count). The molecule has 0 spiro atoms. The normalized spacial score (nSPS) is 14.8. The van der Waals surface area contributed by atoms with Crippen LogP contribution in [-0.2, 0) is 13.2 Å². The molecule has 0 radical (unpaired) electrons. The molecule has 136 valence electrons. The van der Waals surface area contributed by atoms with Gasteiger partial charge in [0.2, 0.25) is 0 Å². The van der Waals surface area contributed by atoms with E-state index in [1.54, 1.807) is 0 Å². The highest BCUT2D eigenvalue weighted by Gasteiger charge is 2.14. The molecule has 0 amide bonds. The highest BCUT2D eigenvalue weighted by molar-refractivity contribution is 6.30. The van der Waals surface area contributed by atoms with Crippen LogP contribution in [0.15, 0.2) is 42.5 Å². The number of halogens is 2. The number of hydrogen-bond donors (Lipinski definition) is 1. The van der Waals surface area contributed by atoms with Gasteiger partial charge in [0.25, 0.3) is 0 Å². The van der Waals surface area contributed by atoms with Crippen LogP contribution in [0, 0.1) is 6.92 Å². The van der Waals surface area contributed by atoms with E-state index < -0.39 is 0 Å². The molecule has 1 saturated carbocycles. The van der Waals surface area contributed by atoms with Crippen LogP contribution in [0.3, 0.4) is 0 Å². The molecule has 1 fully saturated rings. The number of rotatable bonds is 6. The topological polar surface area (TPSA) is 21.3 Å². The van der Waals surface area contributed by atoms with Gasteiger partial charge >= 0.3 is 0 Å². The Hall–Kier alpha value is -1.22. The lowest BCUT2D eigenvalue weighted by atomic mass is 9.95. The summed E-state index contributed by atoms with van der Waals surface area (Å²) in [4.78, 5) is 0. The standard InChI is InChI=1S/C21H26ClNO.ClH/c1-16-7-9-17(10-8-16)15-24-21-12-11-19(22)13-18(21)14-23-20-5-3-2-4-6-20;/h7-13,20,23H,2-6,14-15H2,1H3;1H. The maximum atomic E-state index is 6.19. The summed E-state index contributed by atoms with van der Waals surface area (Å²) in [5.74, 6) is 0.920. The molecule has 25 heavy (non-hydrogen) atoms. The maximum Gasteiger partial charge on any atom is 0.124 e. The molecule has 2 aromatic carbocycles. The fraction of sp³-hybridized carbons (Fsp3) is 0.429. The van der Waals surface area contributed by atoms with Crippen LogP contribution in [0.4, 0.5) is 0 Å². The third-order valence-electron chi connectivity index (χ3n) is 4.72. The summed E-state index contributed by atoms with van der Waals surface area (Å²) in [6.07, 6.45) is 6.61. The lowest BCUT2D eigenvalue weighted by Gasteiger charge is -2.23. The second kappa shape index (κ2) is 10.1. The molecule has 0 bridgehead atoms. The van der Waals surface area contributed by atoms with Crippen molar-refractivity contribution in [3.05, 3.63) is 64.2 Å². The van der Waals surface area contributed by atoms with Gasteiger partial charge in [-0.1, -0.05) is 60.7 Å². The molecule has 1 aliphatic rings.